The van der Waals surface area contributed by atoms with E-state index in [1.807, 2.05) is 0 Å². The van der Waals surface area contributed by atoms with E-state index in [0.29, 0.717) is 0 Å². The van der Waals surface area contributed by atoms with Crippen LogP contribution in [-0.4, -0.2) is 5.11 Å². The van der Waals surface area contributed by atoms with Gasteiger partial charge in [0, 0.05) is 0 Å². The normalized spacial score (nSPS) is 9.50. The van der Waals surface area contributed by atoms with Crippen LogP contribution in [0.4, 0.5) is 0 Å². The Morgan fingerprint density at radius 3 is 3.00 bits per heavy atom. The van der Waals surface area contributed by atoms with Crippen molar-refractivity contribution in [2.75, 3.05) is 0 Å². The lowest BCUT2D eigenvalue weighted by Gasteiger charge is -1.58. The standard InChI is InChI=1S/C3H5O/c1-2-3-4/h2-4H,1H2/i4D. The molecule has 0 aliphatic heterocycles. The quantitative estimate of drug-likeness (QED) is 0.495. The Kier molecular flexibility index (Phi) is 1.33. The fourth-order valence-corrected chi connectivity index (χ4v) is 0. The molecule has 1 N–H and O–H groups in total. The molecule has 1 nitrogen and oxygen atoms in total. The molecule has 1 heteroatoms. The maximum atomic E-state index is 5.98. The SMILES string of the molecule is [2H]O[CH]C=C. The van der Waals surface area contributed by atoms with Gasteiger partial charge in [-0.1, -0.05) is 6.08 Å². The van der Waals surface area contributed by atoms with E-state index < -0.39 is 0 Å². The van der Waals surface area contributed by atoms with Crippen LogP contribution in [-0.2, 0) is 0 Å². The molecule has 0 amide bonds. The molecule has 23 valence electrons. The number of aliphatic hydroxyl groups is 1. The third kappa shape index (κ3) is 1.70. The highest BCUT2D eigenvalue weighted by Crippen LogP contribution is 1.57. The van der Waals surface area contributed by atoms with Gasteiger partial charge in [0.25, 0.3) is 0 Å². The topological polar surface area (TPSA) is 20.2 Å². The lowest BCUT2D eigenvalue weighted by Crippen LogP contribution is -1.49. The summed E-state index contributed by atoms with van der Waals surface area (Å²) < 4.78 is 5.98. The first kappa shape index (κ1) is 1.97. The minimum absolute atomic E-state index is 1.18. The van der Waals surface area contributed by atoms with E-state index in [1.165, 1.54) is 12.7 Å². The van der Waals surface area contributed by atoms with Crippen molar-refractivity contribution >= 4 is 0 Å². The van der Waals surface area contributed by atoms with E-state index >= 15 is 0 Å². The highest BCUT2D eigenvalue weighted by Gasteiger charge is 1.47. The van der Waals surface area contributed by atoms with Crippen LogP contribution in [0.5, 0.6) is 0 Å². The van der Waals surface area contributed by atoms with Gasteiger partial charge >= 0.3 is 0 Å². The van der Waals surface area contributed by atoms with E-state index in [9.17, 15) is 0 Å². The second kappa shape index (κ2) is 2.70. The molecule has 0 unspecified atom stereocenters. The first-order valence-corrected chi connectivity index (χ1v) is 0.977. The minimum Gasteiger partial charge on any atom is -0.386 e. The Morgan fingerprint density at radius 1 is 2.25 bits per heavy atom. The van der Waals surface area contributed by atoms with Crippen molar-refractivity contribution in [3.05, 3.63) is 19.3 Å². The predicted molar refractivity (Wildman–Crippen MR) is 16.4 cm³/mol. The van der Waals surface area contributed by atoms with Crippen LogP contribution >= 0.6 is 0 Å². The van der Waals surface area contributed by atoms with Gasteiger partial charge in [-0.15, -0.1) is 6.58 Å². The van der Waals surface area contributed by atoms with Crippen LogP contribution < -0.4 is 0 Å². The average Bonchev–Trinajstić information content (AvgIpc) is 1.41. The summed E-state index contributed by atoms with van der Waals surface area (Å²) >= 11 is 0. The largest absolute Gasteiger partial charge is 0.386 e. The molecule has 0 aliphatic rings. The van der Waals surface area contributed by atoms with E-state index in [1.54, 1.807) is 0 Å². The molecule has 1 radical (unpaired) electrons. The van der Waals surface area contributed by atoms with Gasteiger partial charge in [0.15, 0.2) is 0 Å². The summed E-state index contributed by atoms with van der Waals surface area (Å²) in [6.45, 7) is 4.43. The van der Waals surface area contributed by atoms with Crippen LogP contribution in [0.2, 0.25) is 0 Å². The molecule has 0 aromatic rings. The monoisotopic (exact) mass is 58.0 g/mol. The fourth-order valence-electron chi connectivity index (χ4n) is 0. The zero-order valence-corrected chi connectivity index (χ0v) is 2.27. The molecule has 0 aromatic heterocycles. The first-order valence-electron chi connectivity index (χ1n) is 1.39. The van der Waals surface area contributed by atoms with Gasteiger partial charge in [-0.3, -0.25) is 0 Å². The van der Waals surface area contributed by atoms with Crippen molar-refractivity contribution in [1.82, 2.24) is 0 Å². The second-order valence-corrected chi connectivity index (χ2v) is 0.372. The number of hydrogen-bond acceptors (Lipinski definition) is 1. The number of rotatable bonds is 2. The van der Waals surface area contributed by atoms with Gasteiger partial charge in [0.2, 0.25) is 1.43 Å². The van der Waals surface area contributed by atoms with Gasteiger partial charge in [-0.25, -0.2) is 0 Å². The van der Waals surface area contributed by atoms with Crippen LogP contribution in [0.25, 0.3) is 0 Å². The molecule has 0 aromatic carbocycles. The smallest absolute Gasteiger partial charge is 0.211 e. The first-order chi connectivity index (χ1) is 2.41. The Labute approximate surface area is 27.1 Å². The summed E-state index contributed by atoms with van der Waals surface area (Å²) in [5.74, 6) is 0. The highest BCUT2D eigenvalue weighted by molar-refractivity contribution is 4.73. The van der Waals surface area contributed by atoms with Crippen molar-refractivity contribution in [3.8, 4) is 0 Å². The molecule has 0 bridgehead atoms. The van der Waals surface area contributed by atoms with Crippen molar-refractivity contribution in [1.29, 1.82) is 0 Å². The Balaban J connectivity index is 2.40. The predicted octanol–water partition coefficient (Wildman–Crippen LogP) is 0.707. The summed E-state index contributed by atoms with van der Waals surface area (Å²) in [4.78, 5) is 0. The molecule has 0 aliphatic carbocycles. The summed E-state index contributed by atoms with van der Waals surface area (Å²) in [5, 5.41) is 3.70. The fraction of sp³-hybridized carbons (Fsp3) is 0. The van der Waals surface area contributed by atoms with Crippen molar-refractivity contribution in [2.45, 2.75) is 0 Å². The van der Waals surface area contributed by atoms with Crippen LogP contribution in [0.15, 0.2) is 12.7 Å². The van der Waals surface area contributed by atoms with E-state index in [4.69, 9.17) is 1.43 Å². The number of aliphatic hydroxyl groups excluding tert-OH is 1. The van der Waals surface area contributed by atoms with E-state index in [0.717, 1.165) is 0 Å². The second-order valence-electron chi connectivity index (χ2n) is 0.372. The molecule has 0 saturated heterocycles. The summed E-state index contributed by atoms with van der Waals surface area (Å²) in [6.07, 6.45) is 1.40. The Bertz CT molecular complexity index is 28.1. The maximum Gasteiger partial charge on any atom is 0.211 e. The molecule has 0 heterocycles. The van der Waals surface area contributed by atoms with E-state index in [-0.39, 0.29) is 0 Å². The highest BCUT2D eigenvalue weighted by atomic mass is 16.2. The number of hydrogen-bond donors (Lipinski definition) is 1. The Morgan fingerprint density at radius 2 is 3.00 bits per heavy atom. The third-order valence-electron chi connectivity index (χ3n) is 0.0962. The molecule has 0 atom stereocenters. The summed E-state index contributed by atoms with van der Waals surface area (Å²) in [5.41, 5.74) is 0. The molecule has 0 saturated carbocycles. The van der Waals surface area contributed by atoms with E-state index in [2.05, 4.69) is 11.7 Å². The molecular weight excluding hydrogens is 52.0 g/mol. The maximum absolute atomic E-state index is 5.98. The van der Waals surface area contributed by atoms with Gasteiger partial charge in [-0.05, 0) is 0 Å². The van der Waals surface area contributed by atoms with Crippen LogP contribution in [0.1, 0.15) is 1.43 Å². The van der Waals surface area contributed by atoms with Crippen molar-refractivity contribution in [3.63, 3.8) is 0 Å². The molecule has 4 heavy (non-hydrogen) atoms. The van der Waals surface area contributed by atoms with Gasteiger partial charge in [0.05, 0.1) is 0 Å². The zero-order chi connectivity index (χ0) is 4.12. The average molecular weight is 58.1 g/mol. The summed E-state index contributed by atoms with van der Waals surface area (Å²) in [6, 6.07) is 0. The van der Waals surface area contributed by atoms with Gasteiger partial charge in [-0.2, -0.15) is 0 Å². The molecule has 0 rings (SSSR count). The third-order valence-corrected chi connectivity index (χ3v) is 0.0962. The van der Waals surface area contributed by atoms with Gasteiger partial charge < -0.3 is 5.11 Å². The molecule has 0 spiro atoms. The minimum atomic E-state index is 1.18. The van der Waals surface area contributed by atoms with Crippen LogP contribution in [0, 0.1) is 6.61 Å². The van der Waals surface area contributed by atoms with Crippen molar-refractivity contribution < 1.29 is 6.54 Å². The van der Waals surface area contributed by atoms with Crippen molar-refractivity contribution in [2.24, 2.45) is 0 Å². The molecule has 0 fully saturated rings. The lowest BCUT2D eigenvalue weighted by molar-refractivity contribution is 0.421. The lowest BCUT2D eigenvalue weighted by atomic mass is 10.7. The zero-order valence-electron chi connectivity index (χ0n) is 3.27. The molecular formula is C3H5O. The van der Waals surface area contributed by atoms with Gasteiger partial charge in [0.1, 0.15) is 6.61 Å². The Hall–Kier alpha value is -0.300. The summed E-state index contributed by atoms with van der Waals surface area (Å²) in [7, 11) is 0. The van der Waals surface area contributed by atoms with Crippen LogP contribution in [0.3, 0.4) is 0 Å².